The van der Waals surface area contributed by atoms with Gasteiger partial charge in [0.25, 0.3) is 0 Å². The molecule has 1 aromatic carbocycles. The van der Waals surface area contributed by atoms with Crippen LogP contribution in [-0.2, 0) is 11.3 Å². The van der Waals surface area contributed by atoms with Crippen molar-refractivity contribution in [3.05, 3.63) is 40.3 Å². The van der Waals surface area contributed by atoms with Gasteiger partial charge in [0.05, 0.1) is 24.9 Å². The van der Waals surface area contributed by atoms with Crippen molar-refractivity contribution in [1.29, 1.82) is 0 Å². The molecular formula is C14H13F3N2O3S. The minimum absolute atomic E-state index is 0.0817. The summed E-state index contributed by atoms with van der Waals surface area (Å²) in [6.45, 7) is -1.12. The minimum Gasteiger partial charge on any atom is -0.482 e. The fourth-order valence-corrected chi connectivity index (χ4v) is 2.26. The monoisotopic (exact) mass is 346 g/mol. The first-order valence-corrected chi connectivity index (χ1v) is 7.31. The van der Waals surface area contributed by atoms with Crippen LogP contribution in [0.25, 0.3) is 0 Å². The summed E-state index contributed by atoms with van der Waals surface area (Å²) in [6, 6.07) is 4.11. The molecule has 0 fully saturated rings. The van der Waals surface area contributed by atoms with Gasteiger partial charge in [0.15, 0.2) is 6.61 Å². The molecule has 1 aromatic heterocycles. The number of ether oxygens (including phenoxy) is 2. The van der Waals surface area contributed by atoms with E-state index in [1.165, 1.54) is 36.6 Å². The average Bonchev–Trinajstić information content (AvgIpc) is 3.03. The molecule has 0 radical (unpaired) electrons. The summed E-state index contributed by atoms with van der Waals surface area (Å²) in [6.07, 6.45) is -2.85. The number of anilines is 1. The van der Waals surface area contributed by atoms with Crippen LogP contribution in [0.1, 0.15) is 15.4 Å². The third kappa shape index (κ3) is 5.13. The zero-order valence-corrected chi connectivity index (χ0v) is 12.8. The van der Waals surface area contributed by atoms with Crippen molar-refractivity contribution >= 4 is 23.0 Å². The van der Waals surface area contributed by atoms with Gasteiger partial charge in [0.2, 0.25) is 0 Å². The Morgan fingerprint density at radius 3 is 2.78 bits per heavy atom. The third-order valence-electron chi connectivity index (χ3n) is 2.71. The Bertz CT molecular complexity index is 660. The van der Waals surface area contributed by atoms with Crippen molar-refractivity contribution in [2.24, 2.45) is 0 Å². The molecule has 0 saturated heterocycles. The Morgan fingerprint density at radius 1 is 1.39 bits per heavy atom. The van der Waals surface area contributed by atoms with Gasteiger partial charge in [0.1, 0.15) is 10.8 Å². The number of alkyl halides is 3. The first kappa shape index (κ1) is 17.1. The molecule has 9 heteroatoms. The molecule has 0 spiro atoms. The highest BCUT2D eigenvalue weighted by atomic mass is 32.1. The largest absolute Gasteiger partial charge is 0.482 e. The summed E-state index contributed by atoms with van der Waals surface area (Å²) in [5.41, 5.74) is 0.432. The van der Waals surface area contributed by atoms with Crippen molar-refractivity contribution in [3.8, 4) is 5.75 Å². The van der Waals surface area contributed by atoms with Gasteiger partial charge in [0, 0.05) is 11.6 Å². The van der Waals surface area contributed by atoms with Gasteiger partial charge in [-0.15, -0.1) is 11.3 Å². The first-order chi connectivity index (χ1) is 10.9. The highest BCUT2D eigenvalue weighted by molar-refractivity contribution is 7.09. The van der Waals surface area contributed by atoms with E-state index < -0.39 is 18.8 Å². The van der Waals surface area contributed by atoms with E-state index in [2.05, 4.69) is 15.0 Å². The van der Waals surface area contributed by atoms with Crippen molar-refractivity contribution in [2.75, 3.05) is 19.0 Å². The SMILES string of the molecule is COC(=O)c1ccc(NCc2nccs2)c(OCC(F)(F)F)c1. The lowest BCUT2D eigenvalue weighted by atomic mass is 10.2. The summed E-state index contributed by atoms with van der Waals surface area (Å²) in [5.74, 6) is -0.741. The molecule has 2 rings (SSSR count). The molecule has 0 unspecified atom stereocenters. The zero-order valence-electron chi connectivity index (χ0n) is 12.0. The van der Waals surface area contributed by atoms with Crippen LogP contribution in [0.2, 0.25) is 0 Å². The number of hydrogen-bond acceptors (Lipinski definition) is 6. The molecule has 0 aliphatic rings. The summed E-state index contributed by atoms with van der Waals surface area (Å²) in [7, 11) is 1.19. The summed E-state index contributed by atoms with van der Waals surface area (Å²) in [5, 5.41) is 5.50. The lowest BCUT2D eigenvalue weighted by Crippen LogP contribution is -2.20. The number of carbonyl (C=O) groups excluding carboxylic acids is 1. The number of carbonyl (C=O) groups is 1. The highest BCUT2D eigenvalue weighted by Gasteiger charge is 2.29. The van der Waals surface area contributed by atoms with Crippen LogP contribution in [0, 0.1) is 0 Å². The van der Waals surface area contributed by atoms with Crippen LogP contribution < -0.4 is 10.1 Å². The number of nitrogens with zero attached hydrogens (tertiary/aromatic N) is 1. The number of methoxy groups -OCH3 is 1. The van der Waals surface area contributed by atoms with Crippen LogP contribution in [0.5, 0.6) is 5.75 Å². The summed E-state index contributed by atoms with van der Waals surface area (Å²) >= 11 is 1.41. The number of hydrogen-bond donors (Lipinski definition) is 1. The molecule has 0 bridgehead atoms. The van der Waals surface area contributed by atoms with Crippen LogP contribution in [0.4, 0.5) is 18.9 Å². The number of nitrogens with one attached hydrogen (secondary N) is 1. The number of halogens is 3. The van der Waals surface area contributed by atoms with E-state index >= 15 is 0 Å². The van der Waals surface area contributed by atoms with Crippen LogP contribution in [-0.4, -0.2) is 30.8 Å². The molecule has 0 saturated carbocycles. The number of esters is 1. The van der Waals surface area contributed by atoms with Gasteiger partial charge >= 0.3 is 12.1 Å². The molecule has 0 atom stereocenters. The van der Waals surface area contributed by atoms with Crippen LogP contribution in [0.3, 0.4) is 0 Å². The van der Waals surface area contributed by atoms with E-state index in [1.807, 2.05) is 0 Å². The molecule has 124 valence electrons. The second-order valence-corrected chi connectivity index (χ2v) is 5.36. The van der Waals surface area contributed by atoms with E-state index in [0.717, 1.165) is 5.01 Å². The second kappa shape index (κ2) is 7.32. The lowest BCUT2D eigenvalue weighted by molar-refractivity contribution is -0.153. The van der Waals surface area contributed by atoms with Crippen LogP contribution in [0.15, 0.2) is 29.8 Å². The van der Waals surface area contributed by atoms with E-state index in [9.17, 15) is 18.0 Å². The Balaban J connectivity index is 2.18. The average molecular weight is 346 g/mol. The fraction of sp³-hybridized carbons (Fsp3) is 0.286. The van der Waals surface area contributed by atoms with Crippen molar-refractivity contribution in [1.82, 2.24) is 4.98 Å². The molecule has 1 N–H and O–H groups in total. The predicted molar refractivity (Wildman–Crippen MR) is 78.8 cm³/mol. The lowest BCUT2D eigenvalue weighted by Gasteiger charge is -2.15. The zero-order chi connectivity index (χ0) is 16.9. The third-order valence-corrected chi connectivity index (χ3v) is 3.49. The molecule has 23 heavy (non-hydrogen) atoms. The molecule has 0 aliphatic heterocycles. The van der Waals surface area contributed by atoms with Gasteiger partial charge in [-0.2, -0.15) is 13.2 Å². The van der Waals surface area contributed by atoms with E-state index in [1.54, 1.807) is 11.6 Å². The number of benzene rings is 1. The van der Waals surface area contributed by atoms with Crippen molar-refractivity contribution < 1.29 is 27.4 Å². The van der Waals surface area contributed by atoms with E-state index in [-0.39, 0.29) is 11.3 Å². The Labute approximate surface area is 134 Å². The fourth-order valence-electron chi connectivity index (χ4n) is 1.70. The molecule has 0 amide bonds. The maximum Gasteiger partial charge on any atom is 0.422 e. The van der Waals surface area contributed by atoms with Crippen LogP contribution >= 0.6 is 11.3 Å². The normalized spacial score (nSPS) is 11.1. The number of thiazole rings is 1. The van der Waals surface area contributed by atoms with Gasteiger partial charge in [-0.25, -0.2) is 9.78 Å². The van der Waals surface area contributed by atoms with Gasteiger partial charge < -0.3 is 14.8 Å². The minimum atomic E-state index is -4.48. The maximum atomic E-state index is 12.4. The van der Waals surface area contributed by atoms with Crippen molar-refractivity contribution in [3.63, 3.8) is 0 Å². The molecular weight excluding hydrogens is 333 g/mol. The predicted octanol–water partition coefficient (Wildman–Crippen LogP) is 3.48. The second-order valence-electron chi connectivity index (χ2n) is 4.39. The summed E-state index contributed by atoms with van der Waals surface area (Å²) in [4.78, 5) is 15.6. The van der Waals surface area contributed by atoms with E-state index in [0.29, 0.717) is 12.2 Å². The van der Waals surface area contributed by atoms with Gasteiger partial charge in [-0.1, -0.05) is 0 Å². The number of rotatable bonds is 6. The van der Waals surface area contributed by atoms with Crippen molar-refractivity contribution in [2.45, 2.75) is 12.7 Å². The quantitative estimate of drug-likeness (QED) is 0.812. The number of aromatic nitrogens is 1. The Hall–Kier alpha value is -2.29. The first-order valence-electron chi connectivity index (χ1n) is 6.43. The Morgan fingerprint density at radius 2 is 2.17 bits per heavy atom. The maximum absolute atomic E-state index is 12.4. The Kier molecular flexibility index (Phi) is 5.43. The van der Waals surface area contributed by atoms with Gasteiger partial charge in [-0.05, 0) is 18.2 Å². The molecule has 0 aliphatic carbocycles. The van der Waals surface area contributed by atoms with E-state index in [4.69, 9.17) is 4.74 Å². The smallest absolute Gasteiger partial charge is 0.422 e. The molecule has 1 heterocycles. The highest BCUT2D eigenvalue weighted by Crippen LogP contribution is 2.29. The molecule has 5 nitrogen and oxygen atoms in total. The van der Waals surface area contributed by atoms with Gasteiger partial charge in [-0.3, -0.25) is 0 Å². The standard InChI is InChI=1S/C14H13F3N2O3S/c1-21-13(20)9-2-3-10(19-7-12-18-4-5-23-12)11(6-9)22-8-14(15,16)17/h2-6,19H,7-8H2,1H3. The topological polar surface area (TPSA) is 60.5 Å². The molecule has 2 aromatic rings. The summed E-state index contributed by atoms with van der Waals surface area (Å²) < 4.78 is 46.4.